The van der Waals surface area contributed by atoms with Gasteiger partial charge in [0.05, 0.1) is 12.3 Å². The average Bonchev–Trinajstić information content (AvgIpc) is 2.68. The van der Waals surface area contributed by atoms with Gasteiger partial charge in [-0.3, -0.25) is 0 Å². The van der Waals surface area contributed by atoms with Crippen molar-refractivity contribution in [2.75, 3.05) is 18.5 Å². The molecule has 0 bridgehead atoms. The molecule has 20 heavy (non-hydrogen) atoms. The molecule has 0 radical (unpaired) electrons. The van der Waals surface area contributed by atoms with E-state index in [1.807, 2.05) is 25.1 Å². The van der Waals surface area contributed by atoms with Gasteiger partial charge in [0, 0.05) is 6.54 Å². The van der Waals surface area contributed by atoms with Crippen LogP contribution in [0.2, 0.25) is 0 Å². The minimum Gasteiger partial charge on any atom is -0.493 e. The van der Waals surface area contributed by atoms with Crippen LogP contribution in [0.25, 0.3) is 0 Å². The lowest BCUT2D eigenvalue weighted by atomic mass is 9.97. The van der Waals surface area contributed by atoms with Gasteiger partial charge in [0.25, 0.3) is 0 Å². The Morgan fingerprint density at radius 2 is 2.10 bits per heavy atom. The highest BCUT2D eigenvalue weighted by Gasteiger charge is 2.17. The van der Waals surface area contributed by atoms with Crippen LogP contribution in [0.1, 0.15) is 17.7 Å². The molecule has 0 spiro atoms. The fraction of sp³-hybridized carbons (Fsp3) is 0.375. The Balaban J connectivity index is 1.62. The zero-order valence-corrected chi connectivity index (χ0v) is 11.7. The van der Waals surface area contributed by atoms with Gasteiger partial charge in [0.2, 0.25) is 0 Å². The third kappa shape index (κ3) is 3.07. The lowest BCUT2D eigenvalue weighted by molar-refractivity contribution is 0.298. The number of aromatic nitrogens is 2. The fourth-order valence-corrected chi connectivity index (χ4v) is 2.48. The van der Waals surface area contributed by atoms with Crippen molar-refractivity contribution in [1.82, 2.24) is 10.2 Å². The highest BCUT2D eigenvalue weighted by Crippen LogP contribution is 2.26. The van der Waals surface area contributed by atoms with Crippen LogP contribution in [0.15, 0.2) is 36.4 Å². The van der Waals surface area contributed by atoms with Crippen LogP contribution in [-0.2, 0) is 6.42 Å². The number of fused-ring (bicyclic) bond motifs is 1. The first kappa shape index (κ1) is 12.9. The van der Waals surface area contributed by atoms with Gasteiger partial charge in [-0.2, -0.15) is 5.10 Å². The van der Waals surface area contributed by atoms with Crippen molar-refractivity contribution in [2.45, 2.75) is 19.8 Å². The molecular weight excluding hydrogens is 250 g/mol. The van der Waals surface area contributed by atoms with Crippen molar-refractivity contribution in [3.63, 3.8) is 0 Å². The summed E-state index contributed by atoms with van der Waals surface area (Å²) in [7, 11) is 0. The van der Waals surface area contributed by atoms with E-state index in [0.29, 0.717) is 5.92 Å². The Labute approximate surface area is 119 Å². The maximum Gasteiger partial charge on any atom is 0.148 e. The Kier molecular flexibility index (Phi) is 3.81. The second-order valence-corrected chi connectivity index (χ2v) is 5.26. The maximum atomic E-state index is 5.79. The molecule has 0 aliphatic carbocycles. The SMILES string of the molecule is Cc1ccc(NCC2CCOc3ccccc3C2)nn1. The highest BCUT2D eigenvalue weighted by atomic mass is 16.5. The lowest BCUT2D eigenvalue weighted by Gasteiger charge is -2.14. The Bertz CT molecular complexity index is 568. The molecule has 1 aromatic carbocycles. The first-order valence-electron chi connectivity index (χ1n) is 7.06. The fourth-order valence-electron chi connectivity index (χ4n) is 2.48. The summed E-state index contributed by atoms with van der Waals surface area (Å²) < 4.78 is 5.79. The minimum atomic E-state index is 0.557. The number of hydrogen-bond donors (Lipinski definition) is 1. The summed E-state index contributed by atoms with van der Waals surface area (Å²) in [6.07, 6.45) is 2.10. The number of ether oxygens (including phenoxy) is 1. The quantitative estimate of drug-likeness (QED) is 0.930. The highest BCUT2D eigenvalue weighted by molar-refractivity contribution is 5.35. The number of nitrogens with zero attached hydrogens (tertiary/aromatic N) is 2. The average molecular weight is 269 g/mol. The van der Waals surface area contributed by atoms with Crippen LogP contribution in [0.3, 0.4) is 0 Å². The van der Waals surface area contributed by atoms with Gasteiger partial charge in [-0.15, -0.1) is 5.10 Å². The van der Waals surface area contributed by atoms with E-state index < -0.39 is 0 Å². The predicted molar refractivity (Wildman–Crippen MR) is 79.0 cm³/mol. The zero-order chi connectivity index (χ0) is 13.8. The topological polar surface area (TPSA) is 47.0 Å². The van der Waals surface area contributed by atoms with E-state index in [2.05, 4.69) is 33.7 Å². The third-order valence-corrected chi connectivity index (χ3v) is 3.63. The molecule has 1 aliphatic rings. The molecule has 3 rings (SSSR count). The molecule has 4 heteroatoms. The van der Waals surface area contributed by atoms with Crippen LogP contribution in [0.4, 0.5) is 5.82 Å². The van der Waals surface area contributed by atoms with E-state index in [-0.39, 0.29) is 0 Å². The summed E-state index contributed by atoms with van der Waals surface area (Å²) in [5, 5.41) is 11.6. The van der Waals surface area contributed by atoms with E-state index in [1.54, 1.807) is 0 Å². The summed E-state index contributed by atoms with van der Waals surface area (Å²) >= 11 is 0. The predicted octanol–water partition coefficient (Wildman–Crippen LogP) is 2.84. The summed E-state index contributed by atoms with van der Waals surface area (Å²) in [6, 6.07) is 12.3. The molecule has 4 nitrogen and oxygen atoms in total. The van der Waals surface area contributed by atoms with E-state index in [1.165, 1.54) is 5.56 Å². The third-order valence-electron chi connectivity index (χ3n) is 3.63. The van der Waals surface area contributed by atoms with Crippen molar-refractivity contribution >= 4 is 5.82 Å². The van der Waals surface area contributed by atoms with Crippen molar-refractivity contribution < 1.29 is 4.74 Å². The standard InChI is InChI=1S/C16H19N3O/c1-12-6-7-16(19-18-12)17-11-13-8-9-20-15-5-3-2-4-14(15)10-13/h2-7,13H,8-11H2,1H3,(H,17,19). The normalized spacial score (nSPS) is 17.8. The smallest absolute Gasteiger partial charge is 0.148 e. The number of para-hydroxylation sites is 1. The van der Waals surface area contributed by atoms with Gasteiger partial charge in [-0.05, 0) is 49.4 Å². The molecule has 1 aromatic heterocycles. The Morgan fingerprint density at radius 3 is 2.95 bits per heavy atom. The molecule has 0 saturated carbocycles. The van der Waals surface area contributed by atoms with Gasteiger partial charge in [-0.25, -0.2) is 0 Å². The molecule has 2 aromatic rings. The summed E-state index contributed by atoms with van der Waals surface area (Å²) in [6.45, 7) is 3.62. The zero-order valence-electron chi connectivity index (χ0n) is 11.7. The first-order valence-corrected chi connectivity index (χ1v) is 7.06. The van der Waals surface area contributed by atoms with Crippen molar-refractivity contribution in [3.8, 4) is 5.75 Å². The first-order chi connectivity index (χ1) is 9.81. The molecule has 0 amide bonds. The van der Waals surface area contributed by atoms with Gasteiger partial charge < -0.3 is 10.1 Å². The number of nitrogens with one attached hydrogen (secondary N) is 1. The van der Waals surface area contributed by atoms with Crippen molar-refractivity contribution in [3.05, 3.63) is 47.7 Å². The van der Waals surface area contributed by atoms with Crippen molar-refractivity contribution in [1.29, 1.82) is 0 Å². The van der Waals surface area contributed by atoms with E-state index in [0.717, 1.165) is 43.3 Å². The molecular formula is C16H19N3O. The van der Waals surface area contributed by atoms with Gasteiger partial charge in [-0.1, -0.05) is 18.2 Å². The van der Waals surface area contributed by atoms with Gasteiger partial charge in [0.15, 0.2) is 0 Å². The van der Waals surface area contributed by atoms with E-state index >= 15 is 0 Å². The van der Waals surface area contributed by atoms with Crippen LogP contribution in [0.5, 0.6) is 5.75 Å². The van der Waals surface area contributed by atoms with Crippen LogP contribution < -0.4 is 10.1 Å². The molecule has 1 unspecified atom stereocenters. The maximum absolute atomic E-state index is 5.79. The Morgan fingerprint density at radius 1 is 1.20 bits per heavy atom. The van der Waals surface area contributed by atoms with E-state index in [9.17, 15) is 0 Å². The molecule has 0 saturated heterocycles. The second kappa shape index (κ2) is 5.90. The van der Waals surface area contributed by atoms with Crippen LogP contribution in [-0.4, -0.2) is 23.3 Å². The molecule has 1 N–H and O–H groups in total. The summed E-state index contributed by atoms with van der Waals surface area (Å²) in [5.74, 6) is 2.43. The molecule has 1 atom stereocenters. The largest absolute Gasteiger partial charge is 0.493 e. The summed E-state index contributed by atoms with van der Waals surface area (Å²) in [5.41, 5.74) is 2.24. The monoisotopic (exact) mass is 269 g/mol. The lowest BCUT2D eigenvalue weighted by Crippen LogP contribution is -2.18. The van der Waals surface area contributed by atoms with Crippen LogP contribution >= 0.6 is 0 Å². The number of anilines is 1. The Hall–Kier alpha value is -2.10. The summed E-state index contributed by atoms with van der Waals surface area (Å²) in [4.78, 5) is 0. The van der Waals surface area contributed by atoms with E-state index in [4.69, 9.17) is 4.74 Å². The second-order valence-electron chi connectivity index (χ2n) is 5.26. The molecule has 104 valence electrons. The minimum absolute atomic E-state index is 0.557. The van der Waals surface area contributed by atoms with Crippen LogP contribution in [0, 0.1) is 12.8 Å². The number of aryl methyl sites for hydroxylation is 1. The number of rotatable bonds is 3. The number of benzene rings is 1. The molecule has 0 fully saturated rings. The van der Waals surface area contributed by atoms with Crippen molar-refractivity contribution in [2.24, 2.45) is 5.92 Å². The van der Waals surface area contributed by atoms with Gasteiger partial charge >= 0.3 is 0 Å². The molecule has 1 aliphatic heterocycles. The number of hydrogen-bond acceptors (Lipinski definition) is 4. The van der Waals surface area contributed by atoms with Gasteiger partial charge in [0.1, 0.15) is 11.6 Å². The molecule has 2 heterocycles.